The van der Waals surface area contributed by atoms with Crippen molar-refractivity contribution in [3.05, 3.63) is 65.4 Å². The number of likely N-dealkylation sites (N-methyl/N-ethyl adjacent to an activating group) is 1. The van der Waals surface area contributed by atoms with E-state index in [1.165, 1.54) is 0 Å². The van der Waals surface area contributed by atoms with Crippen molar-refractivity contribution < 1.29 is 23.8 Å². The Hall–Kier alpha value is -3.52. The number of rotatable bonds is 9. The van der Waals surface area contributed by atoms with Crippen LogP contribution < -0.4 is 19.5 Å². The van der Waals surface area contributed by atoms with Crippen molar-refractivity contribution >= 4 is 11.8 Å². The standard InChI is InChI=1S/C26H31N3O5/c1-17-8-10-21(25(30)27-17)29-15-20-19(26(29)31)6-5-7-22(20)34-16-18-9-11-23(24(14-18)32-4)33-13-12-28(2)3/h5-7,9,11,14,21H,1,8,10,12-13,15-16H2,2-4H3,(H,27,30). The molecule has 1 N–H and O–H groups in total. The van der Waals surface area contributed by atoms with Gasteiger partial charge in [0.1, 0.15) is 25.0 Å². The first-order valence-electron chi connectivity index (χ1n) is 11.4. The molecule has 1 saturated heterocycles. The van der Waals surface area contributed by atoms with Crippen molar-refractivity contribution in [2.45, 2.75) is 32.0 Å². The van der Waals surface area contributed by atoms with Gasteiger partial charge >= 0.3 is 0 Å². The van der Waals surface area contributed by atoms with Gasteiger partial charge in [-0.05, 0) is 56.8 Å². The van der Waals surface area contributed by atoms with Gasteiger partial charge in [-0.1, -0.05) is 18.7 Å². The summed E-state index contributed by atoms with van der Waals surface area (Å²) < 4.78 is 17.4. The van der Waals surface area contributed by atoms with Gasteiger partial charge in [0.15, 0.2) is 11.5 Å². The van der Waals surface area contributed by atoms with Gasteiger partial charge in [0, 0.05) is 23.4 Å². The van der Waals surface area contributed by atoms with Crippen molar-refractivity contribution in [3.8, 4) is 17.2 Å². The first-order valence-corrected chi connectivity index (χ1v) is 11.4. The van der Waals surface area contributed by atoms with Crippen LogP contribution in [0, 0.1) is 0 Å². The van der Waals surface area contributed by atoms with Gasteiger partial charge in [-0.2, -0.15) is 0 Å². The molecule has 8 nitrogen and oxygen atoms in total. The smallest absolute Gasteiger partial charge is 0.255 e. The Morgan fingerprint density at radius 2 is 1.94 bits per heavy atom. The van der Waals surface area contributed by atoms with Gasteiger partial charge in [-0.15, -0.1) is 0 Å². The molecule has 2 aliphatic heterocycles. The van der Waals surface area contributed by atoms with E-state index in [0.717, 1.165) is 17.7 Å². The summed E-state index contributed by atoms with van der Waals surface area (Å²) in [7, 11) is 5.60. The number of allylic oxidation sites excluding steroid dienone is 1. The minimum absolute atomic E-state index is 0.144. The molecule has 2 aromatic rings. The van der Waals surface area contributed by atoms with Gasteiger partial charge in [0.05, 0.1) is 13.7 Å². The summed E-state index contributed by atoms with van der Waals surface area (Å²) in [6.45, 7) is 5.84. The third-order valence-electron chi connectivity index (χ3n) is 6.07. The highest BCUT2D eigenvalue weighted by Crippen LogP contribution is 2.35. The Morgan fingerprint density at radius 3 is 2.68 bits per heavy atom. The number of carbonyl (C=O) groups excluding carboxylic acids is 2. The normalized spacial score (nSPS) is 17.6. The number of methoxy groups -OCH3 is 1. The average molecular weight is 466 g/mol. The number of nitrogens with zero attached hydrogens (tertiary/aromatic N) is 2. The summed E-state index contributed by atoms with van der Waals surface area (Å²) in [5.41, 5.74) is 3.00. The van der Waals surface area contributed by atoms with Gasteiger partial charge < -0.3 is 29.3 Å². The van der Waals surface area contributed by atoms with Crippen molar-refractivity contribution in [1.29, 1.82) is 0 Å². The fourth-order valence-electron chi connectivity index (χ4n) is 4.19. The first kappa shape index (κ1) is 23.6. The molecule has 2 heterocycles. The van der Waals surface area contributed by atoms with Crippen LogP contribution >= 0.6 is 0 Å². The molecule has 0 saturated carbocycles. The molecule has 2 amide bonds. The number of carbonyl (C=O) groups is 2. The Balaban J connectivity index is 1.44. The summed E-state index contributed by atoms with van der Waals surface area (Å²) in [4.78, 5) is 29.2. The van der Waals surface area contributed by atoms with Crippen LogP contribution in [0.4, 0.5) is 0 Å². The lowest BCUT2D eigenvalue weighted by Gasteiger charge is -2.31. The monoisotopic (exact) mass is 465 g/mol. The Labute approximate surface area is 200 Å². The maximum atomic E-state index is 13.0. The van der Waals surface area contributed by atoms with E-state index >= 15 is 0 Å². The lowest BCUT2D eigenvalue weighted by molar-refractivity contribution is -0.126. The van der Waals surface area contributed by atoms with Crippen LogP contribution in [0.5, 0.6) is 17.2 Å². The van der Waals surface area contributed by atoms with Crippen molar-refractivity contribution in [2.24, 2.45) is 0 Å². The van der Waals surface area contributed by atoms with Crippen LogP contribution in [0.3, 0.4) is 0 Å². The lowest BCUT2D eigenvalue weighted by Crippen LogP contribution is -2.49. The van der Waals surface area contributed by atoms with E-state index in [1.54, 1.807) is 24.1 Å². The van der Waals surface area contributed by atoms with Crippen LogP contribution in [0.25, 0.3) is 0 Å². The highest BCUT2D eigenvalue weighted by Gasteiger charge is 2.39. The topological polar surface area (TPSA) is 80.3 Å². The fraction of sp³-hybridized carbons (Fsp3) is 0.385. The third kappa shape index (κ3) is 5.02. The van der Waals surface area contributed by atoms with Gasteiger partial charge in [0.25, 0.3) is 5.91 Å². The van der Waals surface area contributed by atoms with E-state index in [4.69, 9.17) is 14.2 Å². The molecule has 0 radical (unpaired) electrons. The Kier molecular flexibility index (Phi) is 7.07. The van der Waals surface area contributed by atoms with Crippen molar-refractivity contribution in [1.82, 2.24) is 15.1 Å². The molecule has 2 aliphatic rings. The zero-order chi connectivity index (χ0) is 24.2. The molecule has 1 atom stereocenters. The van der Waals surface area contributed by atoms with E-state index in [2.05, 4.69) is 16.8 Å². The largest absolute Gasteiger partial charge is 0.493 e. The number of amides is 2. The zero-order valence-corrected chi connectivity index (χ0v) is 19.9. The Morgan fingerprint density at radius 1 is 1.12 bits per heavy atom. The van der Waals surface area contributed by atoms with Crippen molar-refractivity contribution in [2.75, 3.05) is 34.4 Å². The van der Waals surface area contributed by atoms with E-state index in [9.17, 15) is 9.59 Å². The summed E-state index contributed by atoms with van der Waals surface area (Å²) in [6, 6.07) is 10.7. The third-order valence-corrected chi connectivity index (χ3v) is 6.07. The molecule has 0 aliphatic carbocycles. The SMILES string of the molecule is C=C1CCC(N2Cc3c(OCc4ccc(OCCN(C)C)c(OC)c4)cccc3C2=O)C(=O)N1. The van der Waals surface area contributed by atoms with Crippen LogP contribution in [-0.4, -0.2) is 62.0 Å². The summed E-state index contributed by atoms with van der Waals surface area (Å²) >= 11 is 0. The second-order valence-corrected chi connectivity index (χ2v) is 8.79. The number of nitrogens with one attached hydrogen (secondary N) is 1. The van der Waals surface area contributed by atoms with Gasteiger partial charge in [0.2, 0.25) is 5.91 Å². The number of fused-ring (bicyclic) bond motifs is 1. The fourth-order valence-corrected chi connectivity index (χ4v) is 4.19. The van der Waals surface area contributed by atoms with E-state index < -0.39 is 6.04 Å². The van der Waals surface area contributed by atoms with E-state index in [1.807, 2.05) is 38.4 Å². The molecule has 2 aromatic carbocycles. The molecule has 4 rings (SSSR count). The highest BCUT2D eigenvalue weighted by molar-refractivity contribution is 6.02. The maximum Gasteiger partial charge on any atom is 0.255 e. The average Bonchev–Trinajstić information content (AvgIpc) is 3.15. The molecule has 180 valence electrons. The molecule has 0 aromatic heterocycles. The maximum absolute atomic E-state index is 13.0. The number of piperidine rings is 1. The number of hydrogen-bond acceptors (Lipinski definition) is 6. The van der Waals surface area contributed by atoms with Gasteiger partial charge in [-0.3, -0.25) is 9.59 Å². The predicted molar refractivity (Wildman–Crippen MR) is 128 cm³/mol. The molecule has 1 unspecified atom stereocenters. The number of hydrogen-bond donors (Lipinski definition) is 1. The van der Waals surface area contributed by atoms with E-state index in [-0.39, 0.29) is 11.8 Å². The first-order chi connectivity index (χ1) is 16.4. The molecule has 34 heavy (non-hydrogen) atoms. The van der Waals surface area contributed by atoms with Gasteiger partial charge in [-0.25, -0.2) is 0 Å². The number of benzene rings is 2. The van der Waals surface area contributed by atoms with Crippen LogP contribution in [-0.2, 0) is 17.9 Å². The molecule has 0 bridgehead atoms. The van der Waals surface area contributed by atoms with E-state index in [0.29, 0.717) is 61.1 Å². The lowest BCUT2D eigenvalue weighted by atomic mass is 10.0. The second kappa shape index (κ2) is 10.2. The molecular formula is C26H31N3O5. The zero-order valence-electron chi connectivity index (χ0n) is 19.9. The van der Waals surface area contributed by atoms with Crippen molar-refractivity contribution in [3.63, 3.8) is 0 Å². The molecule has 0 spiro atoms. The summed E-state index contributed by atoms with van der Waals surface area (Å²) in [6.07, 6.45) is 1.24. The molecule has 1 fully saturated rings. The number of ether oxygens (including phenoxy) is 3. The predicted octanol–water partition coefficient (Wildman–Crippen LogP) is 2.96. The summed E-state index contributed by atoms with van der Waals surface area (Å²) in [5, 5.41) is 2.77. The molecular weight excluding hydrogens is 434 g/mol. The van der Waals surface area contributed by atoms with Crippen LogP contribution in [0.15, 0.2) is 48.7 Å². The summed E-state index contributed by atoms with van der Waals surface area (Å²) in [5.74, 6) is 1.64. The molecule has 8 heteroatoms. The van der Waals surface area contributed by atoms with Crippen LogP contribution in [0.1, 0.15) is 34.3 Å². The highest BCUT2D eigenvalue weighted by atomic mass is 16.5. The minimum Gasteiger partial charge on any atom is -0.493 e. The minimum atomic E-state index is -0.498. The van der Waals surface area contributed by atoms with Crippen LogP contribution in [0.2, 0.25) is 0 Å². The Bertz CT molecular complexity index is 1100. The quantitative estimate of drug-likeness (QED) is 0.613. The second-order valence-electron chi connectivity index (χ2n) is 8.79.